The van der Waals surface area contributed by atoms with E-state index in [9.17, 15) is 19.2 Å². The summed E-state index contributed by atoms with van der Waals surface area (Å²) in [5.41, 5.74) is 4.14. The third-order valence-electron chi connectivity index (χ3n) is 7.14. The SMILES string of the molecule is Cc1ccc(NC(=O)Cn2c3c(sc2=O)[C@@H](c2ccccc2)[C@H]2C(=O)N(c4ccc(C)cc4)C(=O)[C@H]2S3)cc1. The van der Waals surface area contributed by atoms with Crippen molar-refractivity contribution in [3.8, 4) is 0 Å². The van der Waals surface area contributed by atoms with Crippen molar-refractivity contribution in [2.24, 2.45) is 5.92 Å². The molecule has 0 unspecified atom stereocenters. The monoisotopic (exact) mass is 555 g/mol. The molecule has 4 aromatic rings. The molecular weight excluding hydrogens is 530 g/mol. The van der Waals surface area contributed by atoms with E-state index in [-0.39, 0.29) is 29.1 Å². The van der Waals surface area contributed by atoms with E-state index in [1.54, 1.807) is 12.1 Å². The van der Waals surface area contributed by atoms with Crippen molar-refractivity contribution in [2.75, 3.05) is 10.2 Å². The standard InChI is InChI=1S/C30H25N3O4S2/c1-17-8-12-20(13-9-17)31-22(34)16-32-29-26(39-30(32)37)23(19-6-4-3-5-7-19)24-25(38-29)28(36)33(27(24)35)21-14-10-18(2)11-15-21/h3-15,23-25H,16H2,1-2H3,(H,31,34)/t23-,24+,25-/m0/s1. The van der Waals surface area contributed by atoms with Crippen molar-refractivity contribution >= 4 is 52.2 Å². The van der Waals surface area contributed by atoms with Gasteiger partial charge < -0.3 is 5.32 Å². The van der Waals surface area contributed by atoms with Crippen molar-refractivity contribution < 1.29 is 14.4 Å². The number of nitrogens with one attached hydrogen (secondary N) is 1. The molecule has 1 fully saturated rings. The summed E-state index contributed by atoms with van der Waals surface area (Å²) in [4.78, 5) is 55.5. The fourth-order valence-corrected chi connectivity index (χ4v) is 7.98. The van der Waals surface area contributed by atoms with E-state index in [0.717, 1.165) is 28.0 Å². The Morgan fingerprint density at radius 3 is 2.15 bits per heavy atom. The molecule has 3 heterocycles. The zero-order chi connectivity index (χ0) is 27.3. The molecule has 0 saturated carbocycles. The molecule has 3 amide bonds. The zero-order valence-corrected chi connectivity index (χ0v) is 22.9. The van der Waals surface area contributed by atoms with E-state index in [1.165, 1.54) is 21.2 Å². The lowest BCUT2D eigenvalue weighted by atomic mass is 9.83. The van der Waals surface area contributed by atoms with Gasteiger partial charge in [-0.05, 0) is 43.7 Å². The Morgan fingerprint density at radius 1 is 0.846 bits per heavy atom. The number of imide groups is 1. The van der Waals surface area contributed by atoms with Gasteiger partial charge in [-0.25, -0.2) is 4.90 Å². The number of aryl methyl sites for hydroxylation is 2. The van der Waals surface area contributed by atoms with Gasteiger partial charge in [0.1, 0.15) is 11.8 Å². The number of thioether (sulfide) groups is 1. The van der Waals surface area contributed by atoms with Crippen LogP contribution in [-0.4, -0.2) is 27.5 Å². The highest BCUT2D eigenvalue weighted by Gasteiger charge is 2.56. The number of thiazole rings is 1. The number of hydrogen-bond donors (Lipinski definition) is 1. The molecule has 39 heavy (non-hydrogen) atoms. The van der Waals surface area contributed by atoms with Crippen molar-refractivity contribution in [1.29, 1.82) is 0 Å². The van der Waals surface area contributed by atoms with E-state index in [4.69, 9.17) is 0 Å². The van der Waals surface area contributed by atoms with Crippen LogP contribution in [0, 0.1) is 19.8 Å². The minimum Gasteiger partial charge on any atom is -0.325 e. The summed E-state index contributed by atoms with van der Waals surface area (Å²) in [5.74, 6) is -2.05. The molecule has 2 aliphatic heterocycles. The van der Waals surface area contributed by atoms with Crippen LogP contribution in [0.5, 0.6) is 0 Å². The Bertz CT molecular complexity index is 1640. The Morgan fingerprint density at radius 2 is 1.49 bits per heavy atom. The first-order valence-electron chi connectivity index (χ1n) is 12.6. The molecule has 9 heteroatoms. The highest BCUT2D eigenvalue weighted by atomic mass is 32.2. The third kappa shape index (κ3) is 4.51. The van der Waals surface area contributed by atoms with Crippen LogP contribution in [0.15, 0.2) is 88.7 Å². The van der Waals surface area contributed by atoms with Crippen molar-refractivity contribution in [3.05, 3.63) is 110 Å². The second-order valence-corrected chi connectivity index (χ2v) is 12.0. The summed E-state index contributed by atoms with van der Waals surface area (Å²) in [6.07, 6.45) is 0. The largest absolute Gasteiger partial charge is 0.325 e. The van der Waals surface area contributed by atoms with E-state index in [1.807, 2.05) is 80.6 Å². The molecule has 3 atom stereocenters. The molecule has 0 spiro atoms. The maximum Gasteiger partial charge on any atom is 0.308 e. The number of anilines is 2. The lowest BCUT2D eigenvalue weighted by Crippen LogP contribution is -2.33. The Kier molecular flexibility index (Phi) is 6.48. The lowest BCUT2D eigenvalue weighted by Gasteiger charge is -2.30. The van der Waals surface area contributed by atoms with E-state index < -0.39 is 17.1 Å². The number of amides is 3. The summed E-state index contributed by atoms with van der Waals surface area (Å²) in [7, 11) is 0. The zero-order valence-electron chi connectivity index (χ0n) is 21.3. The molecule has 0 aliphatic carbocycles. The number of hydrogen-bond acceptors (Lipinski definition) is 6. The number of aromatic nitrogens is 1. The fraction of sp³-hybridized carbons (Fsp3) is 0.200. The average Bonchev–Trinajstić information content (AvgIpc) is 3.37. The Balaban J connectivity index is 1.39. The van der Waals surface area contributed by atoms with Gasteiger partial charge in [0.2, 0.25) is 17.7 Å². The number of carbonyl (C=O) groups excluding carboxylic acids is 3. The van der Waals surface area contributed by atoms with E-state index in [2.05, 4.69) is 5.32 Å². The number of benzene rings is 3. The highest BCUT2D eigenvalue weighted by Crippen LogP contribution is 2.53. The van der Waals surface area contributed by atoms with Gasteiger partial charge in [-0.2, -0.15) is 0 Å². The first-order valence-corrected chi connectivity index (χ1v) is 14.3. The summed E-state index contributed by atoms with van der Waals surface area (Å²) in [5, 5.41) is 2.71. The molecule has 0 radical (unpaired) electrons. The first-order chi connectivity index (χ1) is 18.8. The minimum atomic E-state index is -0.711. The van der Waals surface area contributed by atoms with Gasteiger partial charge in [-0.1, -0.05) is 88.8 Å². The molecule has 1 N–H and O–H groups in total. The van der Waals surface area contributed by atoms with E-state index in [0.29, 0.717) is 21.3 Å². The highest BCUT2D eigenvalue weighted by molar-refractivity contribution is 8.00. The number of rotatable bonds is 5. The maximum atomic E-state index is 13.9. The summed E-state index contributed by atoms with van der Waals surface area (Å²) < 4.78 is 1.44. The maximum absolute atomic E-state index is 13.9. The van der Waals surface area contributed by atoms with Crippen molar-refractivity contribution in [3.63, 3.8) is 0 Å². The molecular formula is C30H25N3O4S2. The van der Waals surface area contributed by atoms with Gasteiger partial charge in [-0.15, -0.1) is 0 Å². The van der Waals surface area contributed by atoms with Gasteiger partial charge in [0.05, 0.1) is 16.6 Å². The van der Waals surface area contributed by atoms with Crippen LogP contribution in [0.1, 0.15) is 27.5 Å². The lowest BCUT2D eigenvalue weighted by molar-refractivity contribution is -0.122. The van der Waals surface area contributed by atoms with Crippen LogP contribution < -0.4 is 15.1 Å². The summed E-state index contributed by atoms with van der Waals surface area (Å²) >= 11 is 2.26. The second kappa shape index (κ2) is 9.98. The first kappa shape index (κ1) is 25.3. The molecule has 7 nitrogen and oxygen atoms in total. The van der Waals surface area contributed by atoms with E-state index >= 15 is 0 Å². The van der Waals surface area contributed by atoms with Gasteiger partial charge in [-0.3, -0.25) is 23.7 Å². The van der Waals surface area contributed by atoms with Crippen LogP contribution >= 0.6 is 23.1 Å². The van der Waals surface area contributed by atoms with Crippen molar-refractivity contribution in [1.82, 2.24) is 4.57 Å². The third-order valence-corrected chi connectivity index (χ3v) is 9.74. The predicted molar refractivity (Wildman–Crippen MR) is 153 cm³/mol. The molecule has 0 bridgehead atoms. The van der Waals surface area contributed by atoms with Gasteiger partial charge in [0.25, 0.3) is 0 Å². The van der Waals surface area contributed by atoms with Crippen LogP contribution in [0.3, 0.4) is 0 Å². The number of carbonyl (C=O) groups is 3. The number of nitrogens with zero attached hydrogens (tertiary/aromatic N) is 2. The molecule has 196 valence electrons. The Labute approximate surface area is 233 Å². The summed E-state index contributed by atoms with van der Waals surface area (Å²) in [6.45, 7) is 3.73. The normalized spacial score (nSPS) is 20.1. The minimum absolute atomic E-state index is 0.186. The molecule has 1 saturated heterocycles. The van der Waals surface area contributed by atoms with Gasteiger partial charge >= 0.3 is 4.87 Å². The second-order valence-electron chi connectivity index (χ2n) is 9.84. The molecule has 2 aliphatic rings. The van der Waals surface area contributed by atoms with Crippen LogP contribution in [-0.2, 0) is 20.9 Å². The fourth-order valence-electron chi connectivity index (χ4n) is 5.20. The van der Waals surface area contributed by atoms with Crippen LogP contribution in [0.2, 0.25) is 0 Å². The predicted octanol–water partition coefficient (Wildman–Crippen LogP) is 4.96. The molecule has 6 rings (SSSR count). The topological polar surface area (TPSA) is 88.5 Å². The smallest absolute Gasteiger partial charge is 0.308 e. The van der Waals surface area contributed by atoms with Crippen LogP contribution in [0.25, 0.3) is 0 Å². The van der Waals surface area contributed by atoms with Crippen molar-refractivity contribution in [2.45, 2.75) is 36.6 Å². The van der Waals surface area contributed by atoms with Crippen LogP contribution in [0.4, 0.5) is 11.4 Å². The molecule has 1 aromatic heterocycles. The molecule has 3 aromatic carbocycles. The quantitative estimate of drug-likeness (QED) is 0.352. The van der Waals surface area contributed by atoms with Gasteiger partial charge in [0, 0.05) is 16.5 Å². The summed E-state index contributed by atoms with van der Waals surface area (Å²) in [6, 6.07) is 24.3. The average molecular weight is 556 g/mol. The van der Waals surface area contributed by atoms with Gasteiger partial charge in [0.15, 0.2) is 0 Å². The number of fused-ring (bicyclic) bond motifs is 2. The Hall–Kier alpha value is -3.95.